The second-order valence-electron chi connectivity index (χ2n) is 28.3. The van der Waals surface area contributed by atoms with Gasteiger partial charge in [0.15, 0.2) is 11.0 Å². The van der Waals surface area contributed by atoms with Gasteiger partial charge in [-0.1, -0.05) is 178 Å². The third-order valence-electron chi connectivity index (χ3n) is 18.2. The van der Waals surface area contributed by atoms with Crippen molar-refractivity contribution in [3.63, 3.8) is 0 Å². The number of aromatic nitrogens is 4. The van der Waals surface area contributed by atoms with Crippen molar-refractivity contribution in [3.05, 3.63) is 172 Å². The molecule has 0 fully saturated rings. The van der Waals surface area contributed by atoms with Gasteiger partial charge in [0.25, 0.3) is 12.5 Å². The van der Waals surface area contributed by atoms with Crippen LogP contribution in [0.4, 0.5) is 0 Å². The lowest BCUT2D eigenvalue weighted by atomic mass is 9.34. The second kappa shape index (κ2) is 16.7. The molecule has 392 valence electrons. The summed E-state index contributed by atoms with van der Waals surface area (Å²) in [5, 5.41) is 5.36. The summed E-state index contributed by atoms with van der Waals surface area (Å²) in [5.41, 5.74) is 28.7. The maximum Gasteiger partial charge on any atom is 0.295 e. The SMILES string of the molecule is Cc1ccc(-c2cc3c4c(c2)-n2c5ccc(C(C)(C)C)cc5c5cc(C(C)(C)C)cc(c52)B4c2cc(C(C)(C)C)cc4c5cc(C(C)(C)C)ccc5n-3c24)cc1-c1n(-c2c(C(C)C)cccc2C(C)C)c2ccccc2[n+]1C. The van der Waals surface area contributed by atoms with E-state index in [-0.39, 0.29) is 28.4 Å². The third kappa shape index (κ3) is 7.28. The highest BCUT2D eigenvalue weighted by molar-refractivity contribution is 7.00. The summed E-state index contributed by atoms with van der Waals surface area (Å²) in [6.45, 7) is 40.1. The first kappa shape index (κ1) is 50.4. The maximum absolute atomic E-state index is 2.68. The molecular weight excluding hydrogens is 944 g/mol. The number of aryl methyl sites for hydroxylation is 2. The molecule has 2 aliphatic heterocycles. The zero-order valence-corrected chi connectivity index (χ0v) is 49.7. The molecule has 0 saturated heterocycles. The van der Waals surface area contributed by atoms with Crippen LogP contribution in [-0.2, 0) is 28.7 Å². The van der Waals surface area contributed by atoms with Crippen molar-refractivity contribution in [1.29, 1.82) is 0 Å². The van der Waals surface area contributed by atoms with Gasteiger partial charge in [-0.25, -0.2) is 4.57 Å². The molecule has 0 bridgehead atoms. The monoisotopic (exact) mass is 1020 g/mol. The Hall–Kier alpha value is -7.11. The number of rotatable bonds is 5. The molecule has 8 aromatic carbocycles. The van der Waals surface area contributed by atoms with E-state index in [0.29, 0.717) is 11.8 Å². The van der Waals surface area contributed by atoms with E-state index in [2.05, 4.69) is 276 Å². The molecule has 0 unspecified atom stereocenters. The predicted octanol–water partition coefficient (Wildman–Crippen LogP) is 16.9. The van der Waals surface area contributed by atoms with Crippen molar-refractivity contribution in [3.8, 4) is 39.6 Å². The molecule has 5 heteroatoms. The van der Waals surface area contributed by atoms with Crippen LogP contribution >= 0.6 is 0 Å². The maximum atomic E-state index is 2.68. The van der Waals surface area contributed by atoms with Crippen molar-refractivity contribution in [2.24, 2.45) is 7.05 Å². The molecule has 5 heterocycles. The van der Waals surface area contributed by atoms with Gasteiger partial charge in [0.05, 0.1) is 23.6 Å². The highest BCUT2D eigenvalue weighted by Crippen LogP contribution is 2.46. The first-order chi connectivity index (χ1) is 36.7. The Balaban J connectivity index is 1.18. The van der Waals surface area contributed by atoms with Gasteiger partial charge in [0.1, 0.15) is 5.69 Å². The molecule has 0 saturated carbocycles. The molecule has 0 atom stereocenters. The van der Waals surface area contributed by atoms with Crippen molar-refractivity contribution >= 4 is 77.7 Å². The van der Waals surface area contributed by atoms with E-state index in [1.54, 1.807) is 0 Å². The van der Waals surface area contributed by atoms with E-state index in [1.165, 1.54) is 150 Å². The van der Waals surface area contributed by atoms with Gasteiger partial charge in [0.2, 0.25) is 0 Å². The summed E-state index contributed by atoms with van der Waals surface area (Å²) < 4.78 is 10.4. The number of hydrogen-bond acceptors (Lipinski definition) is 0. The predicted molar refractivity (Wildman–Crippen MR) is 336 cm³/mol. The highest BCUT2D eigenvalue weighted by Gasteiger charge is 2.43. The molecule has 0 N–H and O–H groups in total. The molecule has 4 nitrogen and oxygen atoms in total. The van der Waals surface area contributed by atoms with E-state index in [0.717, 1.165) is 0 Å². The lowest BCUT2D eigenvalue weighted by molar-refractivity contribution is -0.633. The Morgan fingerprint density at radius 1 is 0.436 bits per heavy atom. The number of benzene rings is 8. The number of para-hydroxylation sites is 3. The smallest absolute Gasteiger partial charge is 0.295 e. The Kier molecular flexibility index (Phi) is 10.8. The van der Waals surface area contributed by atoms with E-state index < -0.39 is 0 Å². The Morgan fingerprint density at radius 2 is 0.910 bits per heavy atom. The van der Waals surface area contributed by atoms with Crippen LogP contribution in [0.5, 0.6) is 0 Å². The van der Waals surface area contributed by atoms with Gasteiger partial charge in [0, 0.05) is 55.1 Å². The van der Waals surface area contributed by atoms with Crippen LogP contribution in [0.2, 0.25) is 0 Å². The van der Waals surface area contributed by atoms with E-state index >= 15 is 0 Å². The first-order valence-electron chi connectivity index (χ1n) is 28.9. The van der Waals surface area contributed by atoms with Crippen molar-refractivity contribution < 1.29 is 4.57 Å². The van der Waals surface area contributed by atoms with Crippen molar-refractivity contribution in [1.82, 2.24) is 13.7 Å². The fraction of sp³-hybridized carbons (Fsp3) is 0.329. The van der Waals surface area contributed by atoms with Crippen LogP contribution in [0.3, 0.4) is 0 Å². The molecule has 0 spiro atoms. The molecule has 11 aromatic rings. The summed E-state index contributed by atoms with van der Waals surface area (Å²) in [6.07, 6.45) is 0. The molecule has 13 rings (SSSR count). The largest absolute Gasteiger partial charge is 0.310 e. The average molecular weight is 1020 g/mol. The van der Waals surface area contributed by atoms with Gasteiger partial charge in [-0.2, -0.15) is 4.57 Å². The number of nitrogens with zero attached hydrogens (tertiary/aromatic N) is 4. The zero-order chi connectivity index (χ0) is 55.2. The van der Waals surface area contributed by atoms with Crippen molar-refractivity contribution in [2.45, 2.75) is 151 Å². The quantitative estimate of drug-likeness (QED) is 0.121. The fourth-order valence-corrected chi connectivity index (χ4v) is 13.7. The Labute approximate surface area is 463 Å². The van der Waals surface area contributed by atoms with E-state index in [1.807, 2.05) is 0 Å². The fourth-order valence-electron chi connectivity index (χ4n) is 13.7. The summed E-state index contributed by atoms with van der Waals surface area (Å²) >= 11 is 0. The molecule has 0 radical (unpaired) electrons. The molecule has 0 aliphatic carbocycles. The van der Waals surface area contributed by atoms with Crippen LogP contribution in [0.1, 0.15) is 162 Å². The minimum absolute atomic E-state index is 0.00782. The van der Waals surface area contributed by atoms with E-state index in [4.69, 9.17) is 0 Å². The van der Waals surface area contributed by atoms with Crippen LogP contribution in [-0.4, -0.2) is 20.4 Å². The third-order valence-corrected chi connectivity index (χ3v) is 18.2. The van der Waals surface area contributed by atoms with Crippen LogP contribution < -0.4 is 21.0 Å². The summed E-state index contributed by atoms with van der Waals surface area (Å²) in [7, 11) is 2.27. The number of imidazole rings is 1. The standard InChI is InChI=1S/C73H78BN4/c1-41(2)50-22-21-23-51(42(3)4)66(50)78-62-25-20-19-24-61(62)75(18)69(78)52-32-44(27-26-43(52)5)45-33-63-65-64(34-45)77-60-31-29-47(71(9,10)11)36-54(60)56-38-49(73(15,16)17)40-58(68(56)77)74(65)57-39-48(72(12,13)14)37-55-53-35-46(70(6,7)8)28-30-59(53)76(63)67(55)57/h19-42H,1-18H3/q+1. The van der Waals surface area contributed by atoms with Gasteiger partial charge < -0.3 is 9.13 Å². The van der Waals surface area contributed by atoms with E-state index in [9.17, 15) is 0 Å². The molecule has 2 aliphatic rings. The minimum atomic E-state index is -0.0675. The highest BCUT2D eigenvalue weighted by atomic mass is 15.2. The number of fused-ring (bicyclic) bond motifs is 11. The first-order valence-corrected chi connectivity index (χ1v) is 28.9. The average Bonchev–Trinajstić information content (AvgIpc) is 2.66. The van der Waals surface area contributed by atoms with Gasteiger partial charge in [-0.3, -0.25) is 0 Å². The van der Waals surface area contributed by atoms with Gasteiger partial charge in [-0.05, 0) is 162 Å². The normalized spacial score (nSPS) is 13.7. The lowest BCUT2D eigenvalue weighted by Gasteiger charge is -2.36. The van der Waals surface area contributed by atoms with Gasteiger partial charge in [-0.15, -0.1) is 0 Å². The van der Waals surface area contributed by atoms with Crippen molar-refractivity contribution in [2.75, 3.05) is 0 Å². The minimum Gasteiger partial charge on any atom is -0.310 e. The summed E-state index contributed by atoms with van der Waals surface area (Å²) in [4.78, 5) is 0. The Morgan fingerprint density at radius 3 is 1.38 bits per heavy atom. The zero-order valence-electron chi connectivity index (χ0n) is 49.7. The Bertz CT molecular complexity index is 4180. The second-order valence-corrected chi connectivity index (χ2v) is 28.3. The summed E-state index contributed by atoms with van der Waals surface area (Å²) in [6, 6.07) is 53.3. The molecule has 0 amide bonds. The topological polar surface area (TPSA) is 18.7 Å². The molecular formula is C73H78BN4+. The summed E-state index contributed by atoms with van der Waals surface area (Å²) in [5.74, 6) is 1.87. The van der Waals surface area contributed by atoms with Crippen LogP contribution in [0.25, 0.3) is 94.2 Å². The lowest BCUT2D eigenvalue weighted by Crippen LogP contribution is -2.59. The molecule has 78 heavy (non-hydrogen) atoms. The van der Waals surface area contributed by atoms with Crippen LogP contribution in [0, 0.1) is 6.92 Å². The number of hydrogen-bond donors (Lipinski definition) is 0. The molecule has 3 aromatic heterocycles. The van der Waals surface area contributed by atoms with Gasteiger partial charge >= 0.3 is 0 Å². The van der Waals surface area contributed by atoms with Crippen LogP contribution in [0.15, 0.2) is 133 Å².